The van der Waals surface area contributed by atoms with Crippen LogP contribution in [0.1, 0.15) is 314 Å². The van der Waals surface area contributed by atoms with E-state index in [0.29, 0.717) is 32.5 Å². The molecule has 6 aromatic rings. The van der Waals surface area contributed by atoms with Crippen molar-refractivity contribution in [2.75, 3.05) is 0 Å². The van der Waals surface area contributed by atoms with Gasteiger partial charge in [0.25, 0.3) is 0 Å². The Morgan fingerprint density at radius 3 is 0.615 bits per heavy atom. The fourth-order valence-corrected chi connectivity index (χ4v) is 10.3. The molecular formula is C72H120O3S3. The monoisotopic (exact) mass is 1130 g/mol. The summed E-state index contributed by atoms with van der Waals surface area (Å²) in [4.78, 5) is 5.93. The highest BCUT2D eigenvalue weighted by Crippen LogP contribution is 2.38. The molecule has 6 rings (SSSR count). The first-order valence-electron chi connectivity index (χ1n) is 28.9. The fraction of sp³-hybridized carbons (Fsp3) is 0.667. The lowest BCUT2D eigenvalue weighted by molar-refractivity contribution is 0.344. The number of thiophene rings is 3. The normalized spacial score (nSPS) is 13.4. The zero-order chi connectivity index (χ0) is 61.7. The lowest BCUT2D eigenvalue weighted by Crippen LogP contribution is -2.11. The van der Waals surface area contributed by atoms with Gasteiger partial charge >= 0.3 is 0 Å². The maximum atomic E-state index is 5.81. The summed E-state index contributed by atoms with van der Waals surface area (Å²) in [5, 5.41) is 4.58. The van der Waals surface area contributed by atoms with Crippen molar-refractivity contribution in [2.24, 2.45) is 0 Å². The lowest BCUT2D eigenvalue weighted by Gasteiger charge is -2.18. The van der Waals surface area contributed by atoms with Crippen LogP contribution in [-0.4, -0.2) is 0 Å². The topological polar surface area (TPSA) is 39.4 Å². The van der Waals surface area contributed by atoms with Crippen LogP contribution < -0.4 is 0 Å². The zero-order valence-corrected chi connectivity index (χ0v) is 59.8. The molecule has 3 nitrogen and oxygen atoms in total. The van der Waals surface area contributed by atoms with Crippen molar-refractivity contribution in [3.8, 4) is 0 Å². The van der Waals surface area contributed by atoms with Crippen molar-refractivity contribution in [1.82, 2.24) is 0 Å². The first-order valence-corrected chi connectivity index (χ1v) is 31.4. The molecule has 0 saturated heterocycles. The Labute approximate surface area is 495 Å². The lowest BCUT2D eigenvalue weighted by atomic mass is 9.86. The Morgan fingerprint density at radius 2 is 0.487 bits per heavy atom. The van der Waals surface area contributed by atoms with Crippen molar-refractivity contribution in [2.45, 2.75) is 314 Å². The van der Waals surface area contributed by atoms with Gasteiger partial charge in [-0.2, -0.15) is 0 Å². The van der Waals surface area contributed by atoms with E-state index in [1.54, 1.807) is 0 Å². The zero-order valence-electron chi connectivity index (χ0n) is 57.4. The van der Waals surface area contributed by atoms with Crippen LogP contribution in [0.5, 0.6) is 0 Å². The molecule has 0 atom stereocenters. The van der Waals surface area contributed by atoms with Gasteiger partial charge in [0, 0.05) is 41.2 Å². The minimum Gasteiger partial charge on any atom is -0.468 e. The molecule has 0 aliphatic heterocycles. The van der Waals surface area contributed by atoms with E-state index in [1.807, 2.05) is 46.5 Å². The number of rotatable bonds is 0. The van der Waals surface area contributed by atoms with E-state index in [4.69, 9.17) is 13.3 Å². The molecule has 0 fully saturated rings. The van der Waals surface area contributed by atoms with Gasteiger partial charge in [0.05, 0.1) is 12.5 Å². The minimum absolute atomic E-state index is 0.115. The third-order valence-electron chi connectivity index (χ3n) is 13.0. The summed E-state index contributed by atoms with van der Waals surface area (Å²) >= 11 is 5.71. The second-order valence-corrected chi connectivity index (χ2v) is 37.0. The van der Waals surface area contributed by atoms with E-state index in [1.165, 1.54) is 41.8 Å². The molecule has 6 heterocycles. The smallest absolute Gasteiger partial charge is 0.109 e. The van der Waals surface area contributed by atoms with Crippen LogP contribution in [0, 0.1) is 0 Å². The molecule has 6 aromatic heterocycles. The summed E-state index contributed by atoms with van der Waals surface area (Å²) in [5.74, 6) is 4.27. The molecular weight excluding hydrogens is 1010 g/mol. The van der Waals surface area contributed by atoms with Gasteiger partial charge in [0.1, 0.15) is 23.0 Å². The second kappa shape index (κ2) is 26.0. The molecule has 0 spiro atoms. The summed E-state index contributed by atoms with van der Waals surface area (Å²) in [6.45, 7) is 80.0. The van der Waals surface area contributed by atoms with Crippen LogP contribution in [0.2, 0.25) is 0 Å². The Balaban J connectivity index is 0.000000468. The quantitative estimate of drug-likeness (QED) is 0.152. The molecule has 0 aliphatic carbocycles. The summed E-state index contributed by atoms with van der Waals surface area (Å²) in [7, 11) is 0. The average molecular weight is 1130 g/mol. The fourth-order valence-electron chi connectivity index (χ4n) is 6.78. The summed E-state index contributed by atoms with van der Waals surface area (Å²) in [6, 6.07) is 17.7. The molecule has 6 heteroatoms. The SMILES string of the molecule is CC(C)(C)c1ccc(C(C)(C)C)o1.CC(C)(C)c1ccc(C(C)(C)C)s1.CC(C)(C)c1coc(C(C)(C)C)c1.CC(C)(C)c1coc(C(C)(C)C)c1.CC(C)(C)c1csc(C(C)(C)C)c1.CC(C)(C)c1csc(C(C)(C)C)c1. The van der Waals surface area contributed by atoms with E-state index < -0.39 is 0 Å². The van der Waals surface area contributed by atoms with Gasteiger partial charge in [-0.3, -0.25) is 0 Å². The van der Waals surface area contributed by atoms with Crippen LogP contribution >= 0.6 is 34.0 Å². The highest BCUT2D eigenvalue weighted by molar-refractivity contribution is 7.12. The molecule has 444 valence electrons. The Kier molecular flexibility index (Phi) is 24.3. The first-order chi connectivity index (χ1) is 34.3. The highest BCUT2D eigenvalue weighted by Gasteiger charge is 2.27. The van der Waals surface area contributed by atoms with Gasteiger partial charge in [0.2, 0.25) is 0 Å². The Morgan fingerprint density at radius 1 is 0.244 bits per heavy atom. The molecule has 0 aromatic carbocycles. The largest absolute Gasteiger partial charge is 0.468 e. The predicted octanol–water partition coefficient (Wildman–Crippen LogP) is 24.7. The van der Waals surface area contributed by atoms with Gasteiger partial charge in [-0.25, -0.2) is 0 Å². The molecule has 0 aliphatic rings. The standard InChI is InChI=1S/3C12H20O.3C12H20S/c2*1-11(2,3)9-7-10(13-8-9)12(4,5)6;1-11(2,3)9-7-8-10(13-9)12(4,5)6;2*1-11(2,3)9-7-10(13-8-9)12(4,5)6;1-11(2,3)9-7-8-10(13-9)12(4,5)6/h6*7-8H,1-6H3. The van der Waals surface area contributed by atoms with Crippen molar-refractivity contribution < 1.29 is 13.3 Å². The number of furan rings is 3. The Hall–Kier alpha value is -3.06. The van der Waals surface area contributed by atoms with E-state index in [2.05, 4.69) is 309 Å². The van der Waals surface area contributed by atoms with Gasteiger partial charge in [0.15, 0.2) is 0 Å². The van der Waals surface area contributed by atoms with E-state index in [-0.39, 0.29) is 32.5 Å². The van der Waals surface area contributed by atoms with Crippen molar-refractivity contribution in [3.05, 3.63) is 137 Å². The number of hydrogen-bond acceptors (Lipinski definition) is 6. The second-order valence-electron chi connectivity index (χ2n) is 34.1. The molecule has 0 N–H and O–H groups in total. The third kappa shape index (κ3) is 25.0. The maximum absolute atomic E-state index is 5.81. The van der Waals surface area contributed by atoms with Crippen molar-refractivity contribution >= 4 is 34.0 Å². The average Bonchev–Trinajstić information content (AvgIpc) is 4.06. The maximum Gasteiger partial charge on any atom is 0.109 e. The Bertz CT molecular complexity index is 2000. The molecule has 0 amide bonds. The molecule has 0 radical (unpaired) electrons. The van der Waals surface area contributed by atoms with Crippen LogP contribution in [0.3, 0.4) is 0 Å². The predicted molar refractivity (Wildman–Crippen MR) is 353 cm³/mol. The summed E-state index contributed by atoms with van der Waals surface area (Å²) in [5.41, 5.74) is 8.09. The van der Waals surface area contributed by atoms with Gasteiger partial charge < -0.3 is 13.3 Å². The molecule has 0 unspecified atom stereocenters. The summed E-state index contributed by atoms with van der Waals surface area (Å²) in [6.07, 6.45) is 3.75. The van der Waals surface area contributed by atoms with Crippen LogP contribution in [0.25, 0.3) is 0 Å². The molecule has 0 saturated carbocycles. The van der Waals surface area contributed by atoms with Gasteiger partial charge in [-0.05, 0) is 125 Å². The summed E-state index contributed by atoms with van der Waals surface area (Å²) < 4.78 is 16.9. The van der Waals surface area contributed by atoms with Crippen molar-refractivity contribution in [1.29, 1.82) is 0 Å². The van der Waals surface area contributed by atoms with E-state index in [0.717, 1.165) is 23.0 Å². The van der Waals surface area contributed by atoms with Crippen LogP contribution in [0.4, 0.5) is 0 Å². The van der Waals surface area contributed by atoms with Gasteiger partial charge in [-0.15, -0.1) is 34.0 Å². The third-order valence-corrected chi connectivity index (χ3v) is 17.6. The van der Waals surface area contributed by atoms with Crippen LogP contribution in [-0.2, 0) is 65.0 Å². The highest BCUT2D eigenvalue weighted by atomic mass is 32.1. The van der Waals surface area contributed by atoms with E-state index >= 15 is 0 Å². The van der Waals surface area contributed by atoms with E-state index in [9.17, 15) is 0 Å². The molecule has 0 bridgehead atoms. The van der Waals surface area contributed by atoms with Gasteiger partial charge in [-0.1, -0.05) is 249 Å². The van der Waals surface area contributed by atoms with Crippen LogP contribution in [0.15, 0.2) is 85.1 Å². The minimum atomic E-state index is 0.115. The molecule has 78 heavy (non-hydrogen) atoms. The first kappa shape index (κ1) is 73.0. The number of hydrogen-bond donors (Lipinski definition) is 0. The van der Waals surface area contributed by atoms with Crippen molar-refractivity contribution in [3.63, 3.8) is 0 Å².